The van der Waals surface area contributed by atoms with Crippen molar-refractivity contribution in [2.45, 2.75) is 25.0 Å². The normalized spacial score (nSPS) is 25.3. The summed E-state index contributed by atoms with van der Waals surface area (Å²) in [7, 11) is 0. The Balaban J connectivity index is 1.79. The lowest BCUT2D eigenvalue weighted by molar-refractivity contribution is 0.0724. The van der Waals surface area contributed by atoms with Crippen LogP contribution in [0.3, 0.4) is 0 Å². The molecule has 1 aromatic carbocycles. The summed E-state index contributed by atoms with van der Waals surface area (Å²) in [5.74, 6) is 0.959. The van der Waals surface area contributed by atoms with Crippen molar-refractivity contribution in [3.63, 3.8) is 0 Å². The van der Waals surface area contributed by atoms with Crippen LogP contribution in [0.4, 0.5) is 5.69 Å². The summed E-state index contributed by atoms with van der Waals surface area (Å²) in [6, 6.07) is 10.1. The van der Waals surface area contributed by atoms with Crippen LogP contribution in [0.25, 0.3) is 0 Å². The summed E-state index contributed by atoms with van der Waals surface area (Å²) in [6.07, 6.45) is 3.82. The molecule has 2 aliphatic rings. The van der Waals surface area contributed by atoms with E-state index in [1.54, 1.807) is 6.26 Å². The number of hydroxylamine groups is 1. The standard InChI is InChI=1S/C14H12ClNO2/c15-10-3-4-12-9(6-10)7-11-8-13(16(12)18-11)14-2-1-5-17-14/h1-6,11,13H,7-8H2/t11-,13+/m1/s1. The molecule has 2 aliphatic heterocycles. The van der Waals surface area contributed by atoms with E-state index in [2.05, 4.69) is 0 Å². The molecule has 0 unspecified atom stereocenters. The molecular weight excluding hydrogens is 250 g/mol. The third-order valence-electron chi connectivity index (χ3n) is 3.63. The molecule has 2 aromatic rings. The number of rotatable bonds is 1. The van der Waals surface area contributed by atoms with Crippen molar-refractivity contribution in [1.82, 2.24) is 0 Å². The molecule has 1 fully saturated rings. The third-order valence-corrected chi connectivity index (χ3v) is 3.87. The van der Waals surface area contributed by atoms with E-state index < -0.39 is 0 Å². The highest BCUT2D eigenvalue weighted by Gasteiger charge is 2.41. The summed E-state index contributed by atoms with van der Waals surface area (Å²) in [5, 5.41) is 2.75. The quantitative estimate of drug-likeness (QED) is 0.782. The molecule has 18 heavy (non-hydrogen) atoms. The van der Waals surface area contributed by atoms with Crippen LogP contribution in [-0.4, -0.2) is 6.10 Å². The lowest BCUT2D eigenvalue weighted by Crippen LogP contribution is -2.27. The fourth-order valence-electron chi connectivity index (χ4n) is 2.86. The van der Waals surface area contributed by atoms with Crippen molar-refractivity contribution in [2.75, 3.05) is 5.06 Å². The van der Waals surface area contributed by atoms with Crippen molar-refractivity contribution in [2.24, 2.45) is 0 Å². The number of furan rings is 1. The van der Waals surface area contributed by atoms with Gasteiger partial charge in [0, 0.05) is 17.9 Å². The van der Waals surface area contributed by atoms with Crippen LogP contribution in [0, 0.1) is 0 Å². The first-order valence-electron chi connectivity index (χ1n) is 6.09. The Morgan fingerprint density at radius 1 is 1.28 bits per heavy atom. The second kappa shape index (κ2) is 3.77. The molecule has 2 atom stereocenters. The Bertz CT molecular complexity index is 581. The Hall–Kier alpha value is -1.45. The first kappa shape index (κ1) is 10.5. The van der Waals surface area contributed by atoms with E-state index in [9.17, 15) is 0 Å². The molecule has 0 aliphatic carbocycles. The first-order valence-corrected chi connectivity index (χ1v) is 6.47. The molecule has 4 heteroatoms. The minimum atomic E-state index is 0.174. The average molecular weight is 262 g/mol. The van der Waals surface area contributed by atoms with Crippen molar-refractivity contribution >= 4 is 17.3 Å². The molecule has 3 nitrogen and oxygen atoms in total. The molecule has 1 aromatic heterocycles. The minimum absolute atomic E-state index is 0.174. The zero-order valence-electron chi connectivity index (χ0n) is 9.67. The lowest BCUT2D eigenvalue weighted by atomic mass is 10.0. The van der Waals surface area contributed by atoms with Gasteiger partial charge in [0.05, 0.1) is 18.1 Å². The number of halogens is 1. The molecule has 2 bridgehead atoms. The van der Waals surface area contributed by atoms with Crippen molar-refractivity contribution in [3.05, 3.63) is 52.9 Å². The van der Waals surface area contributed by atoms with Gasteiger partial charge in [-0.1, -0.05) is 11.6 Å². The van der Waals surface area contributed by atoms with Crippen molar-refractivity contribution in [3.8, 4) is 0 Å². The van der Waals surface area contributed by atoms with E-state index in [0.717, 1.165) is 29.3 Å². The van der Waals surface area contributed by atoms with Crippen molar-refractivity contribution < 1.29 is 9.25 Å². The monoisotopic (exact) mass is 261 g/mol. The fourth-order valence-corrected chi connectivity index (χ4v) is 3.05. The van der Waals surface area contributed by atoms with Crippen LogP contribution in [0.5, 0.6) is 0 Å². The van der Waals surface area contributed by atoms with Crippen LogP contribution >= 0.6 is 11.6 Å². The van der Waals surface area contributed by atoms with E-state index in [1.807, 2.05) is 35.4 Å². The summed E-state index contributed by atoms with van der Waals surface area (Å²) in [6.45, 7) is 0. The second-order valence-electron chi connectivity index (χ2n) is 4.80. The highest BCUT2D eigenvalue weighted by atomic mass is 35.5. The maximum Gasteiger partial charge on any atom is 0.128 e. The topological polar surface area (TPSA) is 25.6 Å². The largest absolute Gasteiger partial charge is 0.467 e. The maximum atomic E-state index is 6.05. The van der Waals surface area contributed by atoms with Gasteiger partial charge in [0.25, 0.3) is 0 Å². The zero-order chi connectivity index (χ0) is 12.1. The van der Waals surface area contributed by atoms with Gasteiger partial charge in [-0.2, -0.15) is 0 Å². The summed E-state index contributed by atoms with van der Waals surface area (Å²) >= 11 is 6.05. The summed E-state index contributed by atoms with van der Waals surface area (Å²) in [4.78, 5) is 5.93. The highest BCUT2D eigenvalue weighted by Crippen LogP contribution is 2.45. The predicted octanol–water partition coefficient (Wildman–Crippen LogP) is 3.74. The van der Waals surface area contributed by atoms with Gasteiger partial charge in [-0.05, 0) is 35.9 Å². The maximum absolute atomic E-state index is 6.05. The van der Waals surface area contributed by atoms with Crippen molar-refractivity contribution in [1.29, 1.82) is 0 Å². The Labute approximate surface area is 110 Å². The van der Waals surface area contributed by atoms with Gasteiger partial charge in [-0.25, -0.2) is 5.06 Å². The van der Waals surface area contributed by atoms with Gasteiger partial charge in [0.1, 0.15) is 11.8 Å². The number of nitrogens with zero attached hydrogens (tertiary/aromatic N) is 1. The average Bonchev–Trinajstić information content (AvgIpc) is 2.97. The Morgan fingerprint density at radius 3 is 3.06 bits per heavy atom. The molecule has 3 heterocycles. The molecular formula is C14H12ClNO2. The molecule has 0 radical (unpaired) electrons. The molecule has 0 amide bonds. The van der Waals surface area contributed by atoms with Crippen LogP contribution < -0.4 is 5.06 Å². The first-order chi connectivity index (χ1) is 8.81. The molecule has 0 spiro atoms. The van der Waals surface area contributed by atoms with Gasteiger partial charge in [0.2, 0.25) is 0 Å². The molecule has 1 saturated heterocycles. The zero-order valence-corrected chi connectivity index (χ0v) is 10.4. The summed E-state index contributed by atoms with van der Waals surface area (Å²) < 4.78 is 5.52. The number of hydrogen-bond acceptors (Lipinski definition) is 3. The third kappa shape index (κ3) is 1.48. The minimum Gasteiger partial charge on any atom is -0.467 e. The number of anilines is 1. The molecule has 0 saturated carbocycles. The highest BCUT2D eigenvalue weighted by molar-refractivity contribution is 6.30. The number of benzene rings is 1. The van der Waals surface area contributed by atoms with Gasteiger partial charge in [0.15, 0.2) is 0 Å². The van der Waals surface area contributed by atoms with Gasteiger partial charge >= 0.3 is 0 Å². The van der Waals surface area contributed by atoms with Crippen LogP contribution in [0.1, 0.15) is 23.8 Å². The van der Waals surface area contributed by atoms with Crippen LogP contribution in [0.2, 0.25) is 5.02 Å². The van der Waals surface area contributed by atoms with Gasteiger partial charge in [-0.15, -0.1) is 0 Å². The molecule has 92 valence electrons. The van der Waals surface area contributed by atoms with E-state index in [4.69, 9.17) is 20.9 Å². The number of fused-ring (bicyclic) bond motifs is 4. The van der Waals surface area contributed by atoms with Gasteiger partial charge < -0.3 is 4.42 Å². The van der Waals surface area contributed by atoms with E-state index in [1.165, 1.54) is 5.56 Å². The van der Waals surface area contributed by atoms with E-state index in [-0.39, 0.29) is 12.1 Å². The molecule has 4 rings (SSSR count). The Morgan fingerprint density at radius 2 is 2.22 bits per heavy atom. The number of hydrogen-bond donors (Lipinski definition) is 0. The van der Waals surface area contributed by atoms with Crippen LogP contribution in [0.15, 0.2) is 41.0 Å². The van der Waals surface area contributed by atoms with Gasteiger partial charge in [-0.3, -0.25) is 4.84 Å². The summed E-state index contributed by atoms with van der Waals surface area (Å²) in [5.41, 5.74) is 2.36. The smallest absolute Gasteiger partial charge is 0.128 e. The second-order valence-corrected chi connectivity index (χ2v) is 5.23. The van der Waals surface area contributed by atoms with Crippen LogP contribution in [-0.2, 0) is 11.3 Å². The predicted molar refractivity (Wildman–Crippen MR) is 68.6 cm³/mol. The van der Waals surface area contributed by atoms with E-state index in [0.29, 0.717) is 0 Å². The molecule has 0 N–H and O–H groups in total. The Kier molecular flexibility index (Phi) is 2.19. The lowest BCUT2D eigenvalue weighted by Gasteiger charge is -2.29. The fraction of sp³-hybridized carbons (Fsp3) is 0.286. The van der Waals surface area contributed by atoms with E-state index >= 15 is 0 Å². The SMILES string of the molecule is Clc1ccc2c(c1)C[C@@H]1C[C@@H](c3ccco3)N2O1.